The van der Waals surface area contributed by atoms with E-state index in [1.54, 1.807) is 18.2 Å². The van der Waals surface area contributed by atoms with Crippen LogP contribution < -0.4 is 0 Å². The van der Waals surface area contributed by atoms with E-state index in [0.29, 0.717) is 5.02 Å². The van der Waals surface area contributed by atoms with Crippen LogP contribution in [0.4, 0.5) is 0 Å². The lowest BCUT2D eigenvalue weighted by atomic mass is 10.1. The Morgan fingerprint density at radius 3 is 1.93 bits per heavy atom. The molecule has 0 unspecified atom stereocenters. The van der Waals surface area contributed by atoms with Gasteiger partial charge in [0.15, 0.2) is 11.5 Å². The molecule has 2 aromatic rings. The Bertz CT molecular complexity index is 477. The molecule has 0 aliphatic heterocycles. The molecule has 0 bridgehead atoms. The van der Waals surface area contributed by atoms with Crippen molar-refractivity contribution in [2.45, 2.75) is 0 Å². The van der Waals surface area contributed by atoms with Crippen molar-refractivity contribution in [2.24, 2.45) is 0 Å². The van der Waals surface area contributed by atoms with E-state index in [1.807, 2.05) is 12.1 Å². The van der Waals surface area contributed by atoms with Crippen LogP contribution in [0.3, 0.4) is 0 Å². The van der Waals surface area contributed by atoms with Gasteiger partial charge in [-0.2, -0.15) is 0 Å². The molecule has 2 nitrogen and oxygen atoms in total. The second kappa shape index (κ2) is 3.83. The zero-order valence-corrected chi connectivity index (χ0v) is 8.57. The number of phenolic OH excluding ortho intramolecular Hbond substituents is 2. The molecule has 3 heteroatoms. The average Bonchev–Trinajstić information content (AvgIpc) is 2.23. The van der Waals surface area contributed by atoms with E-state index in [1.165, 1.54) is 12.1 Å². The molecule has 0 heterocycles. The first-order chi connectivity index (χ1) is 7.16. The number of rotatable bonds is 1. The molecule has 0 spiro atoms. The van der Waals surface area contributed by atoms with Crippen molar-refractivity contribution in [2.75, 3.05) is 0 Å². The molecule has 0 radical (unpaired) electrons. The summed E-state index contributed by atoms with van der Waals surface area (Å²) in [5.74, 6) is -0.241. The van der Waals surface area contributed by atoms with Crippen LogP contribution in [0.1, 0.15) is 0 Å². The van der Waals surface area contributed by atoms with Crippen molar-refractivity contribution in [1.82, 2.24) is 0 Å². The number of hydrogen-bond donors (Lipinski definition) is 2. The van der Waals surface area contributed by atoms with E-state index >= 15 is 0 Å². The molecule has 0 amide bonds. The summed E-state index contributed by atoms with van der Waals surface area (Å²) in [6.07, 6.45) is 0. The molecule has 0 atom stereocenters. The molecule has 2 aromatic carbocycles. The summed E-state index contributed by atoms with van der Waals surface area (Å²) in [5, 5.41) is 19.2. The van der Waals surface area contributed by atoms with Crippen molar-refractivity contribution in [3.63, 3.8) is 0 Å². The van der Waals surface area contributed by atoms with Crippen molar-refractivity contribution in [3.05, 3.63) is 47.5 Å². The predicted molar refractivity (Wildman–Crippen MR) is 60.2 cm³/mol. The molecular formula is C12H9ClO2. The monoisotopic (exact) mass is 220 g/mol. The normalized spacial score (nSPS) is 10.2. The summed E-state index contributed by atoms with van der Waals surface area (Å²) in [6.45, 7) is 0. The third-order valence-corrected chi connectivity index (χ3v) is 2.40. The largest absolute Gasteiger partial charge is 0.504 e. The van der Waals surface area contributed by atoms with Gasteiger partial charge in [-0.3, -0.25) is 0 Å². The van der Waals surface area contributed by atoms with Gasteiger partial charge in [0.2, 0.25) is 0 Å². The van der Waals surface area contributed by atoms with Crippen LogP contribution in [0.15, 0.2) is 42.5 Å². The minimum atomic E-state index is -0.123. The Hall–Kier alpha value is -1.67. The van der Waals surface area contributed by atoms with Crippen LogP contribution in [0.25, 0.3) is 11.1 Å². The summed E-state index contributed by atoms with van der Waals surface area (Å²) < 4.78 is 0. The third kappa shape index (κ3) is 2.05. The van der Waals surface area contributed by atoms with Gasteiger partial charge in [-0.05, 0) is 35.4 Å². The van der Waals surface area contributed by atoms with Crippen molar-refractivity contribution in [3.8, 4) is 22.6 Å². The Morgan fingerprint density at radius 2 is 1.33 bits per heavy atom. The van der Waals surface area contributed by atoms with E-state index in [4.69, 9.17) is 16.7 Å². The van der Waals surface area contributed by atoms with Gasteiger partial charge in [0.05, 0.1) is 0 Å². The molecule has 2 N–H and O–H groups in total. The molecule has 15 heavy (non-hydrogen) atoms. The third-order valence-electron chi connectivity index (χ3n) is 2.15. The van der Waals surface area contributed by atoms with Crippen molar-refractivity contribution >= 4 is 11.6 Å². The summed E-state index contributed by atoms with van der Waals surface area (Å²) in [6, 6.07) is 12.0. The topological polar surface area (TPSA) is 40.5 Å². The predicted octanol–water partition coefficient (Wildman–Crippen LogP) is 3.42. The first kappa shape index (κ1) is 9.87. The highest BCUT2D eigenvalue weighted by Crippen LogP contribution is 2.30. The molecule has 0 aliphatic rings. The van der Waals surface area contributed by atoms with E-state index in [0.717, 1.165) is 11.1 Å². The molecule has 0 aliphatic carbocycles. The van der Waals surface area contributed by atoms with Gasteiger partial charge in [0, 0.05) is 5.02 Å². The van der Waals surface area contributed by atoms with Crippen LogP contribution in [0, 0.1) is 0 Å². The zero-order chi connectivity index (χ0) is 10.8. The summed E-state index contributed by atoms with van der Waals surface area (Å²) in [5.41, 5.74) is 1.77. The fourth-order valence-electron chi connectivity index (χ4n) is 1.35. The van der Waals surface area contributed by atoms with Crippen LogP contribution in [-0.2, 0) is 0 Å². The fraction of sp³-hybridized carbons (Fsp3) is 0. The summed E-state index contributed by atoms with van der Waals surface area (Å²) >= 11 is 5.77. The number of aromatic hydroxyl groups is 2. The van der Waals surface area contributed by atoms with Crippen molar-refractivity contribution < 1.29 is 10.2 Å². The average molecular weight is 221 g/mol. The van der Waals surface area contributed by atoms with Gasteiger partial charge in [0.1, 0.15) is 0 Å². The van der Waals surface area contributed by atoms with Crippen LogP contribution in [0.5, 0.6) is 11.5 Å². The smallest absolute Gasteiger partial charge is 0.158 e. The van der Waals surface area contributed by atoms with Crippen LogP contribution in [0.2, 0.25) is 5.02 Å². The number of hydrogen-bond acceptors (Lipinski definition) is 2. The number of benzene rings is 2. The van der Waals surface area contributed by atoms with E-state index < -0.39 is 0 Å². The Balaban J connectivity index is 2.45. The minimum absolute atomic E-state index is 0.118. The lowest BCUT2D eigenvalue weighted by Gasteiger charge is -2.03. The summed E-state index contributed by atoms with van der Waals surface area (Å²) in [4.78, 5) is 0. The quantitative estimate of drug-likeness (QED) is 0.723. The molecule has 0 aromatic heterocycles. The molecular weight excluding hydrogens is 212 g/mol. The second-order valence-electron chi connectivity index (χ2n) is 3.21. The van der Waals surface area contributed by atoms with Gasteiger partial charge in [0.25, 0.3) is 0 Å². The number of halogens is 1. The Kier molecular flexibility index (Phi) is 2.52. The highest BCUT2D eigenvalue weighted by molar-refractivity contribution is 6.30. The van der Waals surface area contributed by atoms with E-state index in [9.17, 15) is 5.11 Å². The molecule has 2 rings (SSSR count). The van der Waals surface area contributed by atoms with Gasteiger partial charge < -0.3 is 10.2 Å². The van der Waals surface area contributed by atoms with Crippen LogP contribution in [-0.4, -0.2) is 10.2 Å². The SMILES string of the molecule is Oc1ccc(-c2ccc(Cl)cc2)cc1O. The maximum absolute atomic E-state index is 9.34. The van der Waals surface area contributed by atoms with E-state index in [-0.39, 0.29) is 11.5 Å². The minimum Gasteiger partial charge on any atom is -0.504 e. The number of phenols is 2. The maximum atomic E-state index is 9.34. The Morgan fingerprint density at radius 1 is 0.733 bits per heavy atom. The highest BCUT2D eigenvalue weighted by Gasteiger charge is 2.02. The summed E-state index contributed by atoms with van der Waals surface area (Å²) in [7, 11) is 0. The van der Waals surface area contributed by atoms with Crippen molar-refractivity contribution in [1.29, 1.82) is 0 Å². The molecule has 0 fully saturated rings. The zero-order valence-electron chi connectivity index (χ0n) is 7.81. The molecule has 76 valence electrons. The van der Waals surface area contributed by atoms with Gasteiger partial charge in [-0.15, -0.1) is 0 Å². The first-order valence-electron chi connectivity index (χ1n) is 4.45. The lowest BCUT2D eigenvalue weighted by Crippen LogP contribution is -1.77. The first-order valence-corrected chi connectivity index (χ1v) is 4.82. The lowest BCUT2D eigenvalue weighted by molar-refractivity contribution is 0.404. The Labute approximate surface area is 92.4 Å². The molecule has 0 saturated carbocycles. The van der Waals surface area contributed by atoms with Crippen LogP contribution >= 0.6 is 11.6 Å². The van der Waals surface area contributed by atoms with Gasteiger partial charge in [-0.1, -0.05) is 29.8 Å². The van der Waals surface area contributed by atoms with Gasteiger partial charge in [-0.25, -0.2) is 0 Å². The standard InChI is InChI=1S/C12H9ClO2/c13-10-4-1-8(2-5-10)9-3-6-11(14)12(15)7-9/h1-7,14-15H. The van der Waals surface area contributed by atoms with Gasteiger partial charge >= 0.3 is 0 Å². The second-order valence-corrected chi connectivity index (χ2v) is 3.65. The maximum Gasteiger partial charge on any atom is 0.158 e. The fourth-order valence-corrected chi connectivity index (χ4v) is 1.47. The van der Waals surface area contributed by atoms with E-state index in [2.05, 4.69) is 0 Å². The highest BCUT2D eigenvalue weighted by atomic mass is 35.5. The molecule has 0 saturated heterocycles.